The first-order chi connectivity index (χ1) is 15.5. The maximum absolute atomic E-state index is 13.5. The molecule has 7 nitrogen and oxygen atoms in total. The van der Waals surface area contributed by atoms with Crippen molar-refractivity contribution in [3.63, 3.8) is 0 Å². The molecule has 0 saturated carbocycles. The van der Waals surface area contributed by atoms with E-state index in [0.29, 0.717) is 24.2 Å². The summed E-state index contributed by atoms with van der Waals surface area (Å²) in [6.07, 6.45) is 1.38. The van der Waals surface area contributed by atoms with E-state index in [-0.39, 0.29) is 12.5 Å². The number of hydrogen-bond donors (Lipinski definition) is 1. The van der Waals surface area contributed by atoms with Crippen LogP contribution in [0.5, 0.6) is 0 Å². The van der Waals surface area contributed by atoms with Crippen LogP contribution in [0.4, 0.5) is 10.1 Å². The van der Waals surface area contributed by atoms with Gasteiger partial charge in [0.2, 0.25) is 21.8 Å². The van der Waals surface area contributed by atoms with E-state index in [0.717, 1.165) is 21.7 Å². The third kappa shape index (κ3) is 7.28. The number of sulfonamides is 1. The zero-order valence-electron chi connectivity index (χ0n) is 19.8. The average Bonchev–Trinajstić information content (AvgIpc) is 2.71. The van der Waals surface area contributed by atoms with Crippen molar-refractivity contribution < 1.29 is 22.4 Å². The second-order valence-electron chi connectivity index (χ2n) is 8.08. The Morgan fingerprint density at radius 1 is 1.03 bits per heavy atom. The predicted molar refractivity (Wildman–Crippen MR) is 128 cm³/mol. The van der Waals surface area contributed by atoms with E-state index in [2.05, 4.69) is 5.32 Å². The average molecular weight is 478 g/mol. The number of carbonyl (C=O) groups is 2. The summed E-state index contributed by atoms with van der Waals surface area (Å²) < 4.78 is 39.7. The molecule has 9 heteroatoms. The Morgan fingerprint density at radius 3 is 2.09 bits per heavy atom. The van der Waals surface area contributed by atoms with Crippen molar-refractivity contribution in [2.24, 2.45) is 0 Å². The van der Waals surface area contributed by atoms with Crippen molar-refractivity contribution in [1.82, 2.24) is 10.2 Å². The monoisotopic (exact) mass is 477 g/mol. The number of aryl methyl sites for hydroxylation is 2. The van der Waals surface area contributed by atoms with Crippen LogP contribution in [0.25, 0.3) is 0 Å². The molecule has 1 N–H and O–H groups in total. The van der Waals surface area contributed by atoms with Gasteiger partial charge in [-0.1, -0.05) is 25.1 Å². The van der Waals surface area contributed by atoms with Crippen molar-refractivity contribution in [2.75, 3.05) is 23.7 Å². The van der Waals surface area contributed by atoms with Gasteiger partial charge in [0.25, 0.3) is 0 Å². The highest BCUT2D eigenvalue weighted by molar-refractivity contribution is 7.92. The Labute approximate surface area is 195 Å². The van der Waals surface area contributed by atoms with Crippen molar-refractivity contribution in [2.45, 2.75) is 46.7 Å². The molecular weight excluding hydrogens is 445 g/mol. The summed E-state index contributed by atoms with van der Waals surface area (Å²) >= 11 is 0. The molecule has 0 bridgehead atoms. The molecule has 0 fully saturated rings. The van der Waals surface area contributed by atoms with Gasteiger partial charge in [-0.2, -0.15) is 0 Å². The van der Waals surface area contributed by atoms with Crippen molar-refractivity contribution in [3.05, 3.63) is 65.0 Å². The molecule has 0 spiro atoms. The van der Waals surface area contributed by atoms with Gasteiger partial charge in [0.1, 0.15) is 18.4 Å². The van der Waals surface area contributed by atoms with Crippen LogP contribution in [0.1, 0.15) is 37.0 Å². The Balaban J connectivity index is 2.45. The van der Waals surface area contributed by atoms with E-state index in [4.69, 9.17) is 0 Å². The van der Waals surface area contributed by atoms with Crippen molar-refractivity contribution in [3.8, 4) is 0 Å². The van der Waals surface area contributed by atoms with Crippen LogP contribution in [0.3, 0.4) is 0 Å². The molecular formula is C24H32FN3O4S. The molecule has 180 valence electrons. The number of benzene rings is 2. The number of anilines is 1. The van der Waals surface area contributed by atoms with E-state index in [9.17, 15) is 22.4 Å². The third-order valence-corrected chi connectivity index (χ3v) is 6.32. The van der Waals surface area contributed by atoms with Crippen LogP contribution in [-0.4, -0.2) is 50.5 Å². The molecule has 0 saturated heterocycles. The van der Waals surface area contributed by atoms with E-state index < -0.39 is 34.3 Å². The minimum atomic E-state index is -3.79. The predicted octanol–water partition coefficient (Wildman–Crippen LogP) is 3.15. The Bertz CT molecular complexity index is 1070. The minimum Gasteiger partial charge on any atom is -0.355 e. The zero-order chi connectivity index (χ0) is 24.8. The lowest BCUT2D eigenvalue weighted by molar-refractivity contribution is -0.140. The first-order valence-corrected chi connectivity index (χ1v) is 12.7. The van der Waals surface area contributed by atoms with Crippen molar-refractivity contribution >= 4 is 27.5 Å². The van der Waals surface area contributed by atoms with Gasteiger partial charge >= 0.3 is 0 Å². The minimum absolute atomic E-state index is 0.0409. The van der Waals surface area contributed by atoms with Crippen LogP contribution in [0, 0.1) is 19.7 Å². The van der Waals surface area contributed by atoms with Gasteiger partial charge in [0, 0.05) is 13.1 Å². The van der Waals surface area contributed by atoms with Crippen LogP contribution >= 0.6 is 0 Å². The summed E-state index contributed by atoms with van der Waals surface area (Å²) in [5.41, 5.74) is 2.74. The first kappa shape index (κ1) is 26.3. The van der Waals surface area contributed by atoms with Crippen LogP contribution < -0.4 is 9.62 Å². The lowest BCUT2D eigenvalue weighted by Crippen LogP contribution is -2.52. The smallest absolute Gasteiger partial charge is 0.244 e. The molecule has 0 heterocycles. The molecule has 1 atom stereocenters. The van der Waals surface area contributed by atoms with E-state index in [1.165, 1.54) is 29.2 Å². The highest BCUT2D eigenvalue weighted by Gasteiger charge is 2.31. The van der Waals surface area contributed by atoms with E-state index in [1.807, 2.05) is 19.9 Å². The Kier molecular flexibility index (Phi) is 8.99. The maximum atomic E-state index is 13.5. The van der Waals surface area contributed by atoms with Gasteiger partial charge in [-0.05, 0) is 68.1 Å². The molecule has 0 aliphatic carbocycles. The maximum Gasteiger partial charge on any atom is 0.244 e. The normalized spacial score (nSPS) is 12.2. The summed E-state index contributed by atoms with van der Waals surface area (Å²) in [6, 6.07) is 10.2. The second kappa shape index (κ2) is 11.3. The molecule has 0 aromatic heterocycles. The summed E-state index contributed by atoms with van der Waals surface area (Å²) in [7, 11) is -3.79. The molecule has 0 unspecified atom stereocenters. The fourth-order valence-electron chi connectivity index (χ4n) is 3.71. The number of rotatable bonds is 10. The fraction of sp³-hybridized carbons (Fsp3) is 0.417. The number of amides is 2. The van der Waals surface area contributed by atoms with Crippen LogP contribution in [0.15, 0.2) is 42.5 Å². The van der Waals surface area contributed by atoms with Gasteiger partial charge < -0.3 is 10.2 Å². The zero-order valence-corrected chi connectivity index (χ0v) is 20.6. The molecule has 2 aromatic carbocycles. The molecule has 2 rings (SSSR count). The SMILES string of the molecule is CCNC(=O)[C@H](CC)N(Cc1ccc(F)cc1)C(=O)CN(c1cc(C)cc(C)c1)S(C)(=O)=O. The van der Waals surface area contributed by atoms with Gasteiger partial charge in [0.15, 0.2) is 0 Å². The van der Waals surface area contributed by atoms with Gasteiger partial charge in [0.05, 0.1) is 11.9 Å². The number of hydrogen-bond acceptors (Lipinski definition) is 4. The largest absolute Gasteiger partial charge is 0.355 e. The summed E-state index contributed by atoms with van der Waals surface area (Å²) in [6.45, 7) is 7.24. The summed E-state index contributed by atoms with van der Waals surface area (Å²) in [4.78, 5) is 27.6. The molecule has 2 aromatic rings. The summed E-state index contributed by atoms with van der Waals surface area (Å²) in [5.74, 6) is -1.26. The Hall–Kier alpha value is -2.94. The fourth-order valence-corrected chi connectivity index (χ4v) is 4.54. The molecule has 33 heavy (non-hydrogen) atoms. The highest BCUT2D eigenvalue weighted by atomic mass is 32.2. The lowest BCUT2D eigenvalue weighted by atomic mass is 10.1. The second-order valence-corrected chi connectivity index (χ2v) is 9.99. The van der Waals surface area contributed by atoms with Gasteiger partial charge in [-0.15, -0.1) is 0 Å². The molecule has 0 aliphatic heterocycles. The molecule has 0 aliphatic rings. The molecule has 0 radical (unpaired) electrons. The first-order valence-electron chi connectivity index (χ1n) is 10.8. The van der Waals surface area contributed by atoms with Crippen molar-refractivity contribution in [1.29, 1.82) is 0 Å². The number of carbonyl (C=O) groups excluding carboxylic acids is 2. The van der Waals surface area contributed by atoms with E-state index in [1.54, 1.807) is 26.0 Å². The van der Waals surface area contributed by atoms with Crippen LogP contribution in [0.2, 0.25) is 0 Å². The number of nitrogens with zero attached hydrogens (tertiary/aromatic N) is 2. The Morgan fingerprint density at radius 2 is 1.61 bits per heavy atom. The number of halogens is 1. The lowest BCUT2D eigenvalue weighted by Gasteiger charge is -2.33. The molecule has 2 amide bonds. The highest BCUT2D eigenvalue weighted by Crippen LogP contribution is 2.22. The standard InChI is InChI=1S/C24H32FN3O4S/c1-6-22(24(30)26-7-2)27(15-19-8-10-20(25)11-9-19)23(29)16-28(33(5,31)32)21-13-17(3)12-18(4)14-21/h8-14,22H,6-7,15-16H2,1-5H3,(H,26,30)/t22-/m0/s1. The summed E-state index contributed by atoms with van der Waals surface area (Å²) in [5, 5.41) is 2.73. The third-order valence-electron chi connectivity index (χ3n) is 5.18. The van der Waals surface area contributed by atoms with E-state index >= 15 is 0 Å². The number of nitrogens with one attached hydrogen (secondary N) is 1. The van der Waals surface area contributed by atoms with Gasteiger partial charge in [-0.3, -0.25) is 13.9 Å². The van der Waals surface area contributed by atoms with Gasteiger partial charge in [-0.25, -0.2) is 12.8 Å². The van der Waals surface area contributed by atoms with Crippen LogP contribution in [-0.2, 0) is 26.2 Å². The quantitative estimate of drug-likeness (QED) is 0.570. The number of likely N-dealkylation sites (N-methyl/N-ethyl adjacent to an activating group) is 1. The topological polar surface area (TPSA) is 86.8 Å².